The number of hydrogen-bond acceptors (Lipinski definition) is 5. The summed E-state index contributed by atoms with van der Waals surface area (Å²) in [7, 11) is 3.20. The molecule has 1 aromatic heterocycles. The highest BCUT2D eigenvalue weighted by Crippen LogP contribution is 2.32. The molecule has 1 heterocycles. The van der Waals surface area contributed by atoms with Gasteiger partial charge < -0.3 is 25.5 Å². The highest BCUT2D eigenvalue weighted by Gasteiger charge is 2.10. The summed E-state index contributed by atoms with van der Waals surface area (Å²) in [5.74, 6) is 1.93. The summed E-state index contributed by atoms with van der Waals surface area (Å²) in [6.45, 7) is 0. The number of imidazole rings is 1. The molecule has 108 valence electrons. The van der Waals surface area contributed by atoms with Crippen LogP contribution >= 0.6 is 0 Å². The Morgan fingerprint density at radius 1 is 1.10 bits per heavy atom. The van der Waals surface area contributed by atoms with Gasteiger partial charge in [0.2, 0.25) is 5.95 Å². The lowest BCUT2D eigenvalue weighted by atomic mass is 10.3. The lowest BCUT2D eigenvalue weighted by molar-refractivity contribution is 0.356. The van der Waals surface area contributed by atoms with Crippen molar-refractivity contribution in [1.82, 2.24) is 9.97 Å². The van der Waals surface area contributed by atoms with Crippen LogP contribution in [-0.2, 0) is 0 Å². The number of ether oxygens (including phenoxy) is 2. The first-order chi connectivity index (χ1) is 10.2. The molecule has 0 aliphatic heterocycles. The fourth-order valence-corrected chi connectivity index (χ4v) is 2.15. The van der Waals surface area contributed by atoms with Gasteiger partial charge in [-0.15, -0.1) is 0 Å². The van der Waals surface area contributed by atoms with E-state index in [-0.39, 0.29) is 0 Å². The number of aromatic amines is 1. The number of rotatable bonds is 4. The molecule has 0 aliphatic carbocycles. The summed E-state index contributed by atoms with van der Waals surface area (Å²) in [5, 5.41) is 3.18. The number of fused-ring (bicyclic) bond motifs is 1. The second-order valence-corrected chi connectivity index (χ2v) is 4.56. The average Bonchev–Trinajstić information content (AvgIpc) is 2.86. The first kappa shape index (κ1) is 13.1. The Morgan fingerprint density at radius 3 is 2.57 bits per heavy atom. The predicted octanol–water partition coefficient (Wildman–Crippen LogP) is 2.91. The number of nitrogen functional groups attached to an aromatic ring is 1. The van der Waals surface area contributed by atoms with E-state index >= 15 is 0 Å². The van der Waals surface area contributed by atoms with Crippen LogP contribution in [0.25, 0.3) is 11.0 Å². The van der Waals surface area contributed by atoms with Gasteiger partial charge in [0, 0.05) is 23.5 Å². The molecule has 0 saturated carbocycles. The minimum absolute atomic E-state index is 0.630. The topological polar surface area (TPSA) is 85.2 Å². The minimum atomic E-state index is 0.630. The fraction of sp³-hybridized carbons (Fsp3) is 0.133. The molecule has 6 nitrogen and oxygen atoms in total. The van der Waals surface area contributed by atoms with Crippen molar-refractivity contribution in [3.63, 3.8) is 0 Å². The van der Waals surface area contributed by atoms with E-state index in [2.05, 4.69) is 15.3 Å². The average molecular weight is 284 g/mol. The fourth-order valence-electron chi connectivity index (χ4n) is 2.15. The summed E-state index contributed by atoms with van der Waals surface area (Å²) in [6.07, 6.45) is 0. The van der Waals surface area contributed by atoms with E-state index in [9.17, 15) is 0 Å². The van der Waals surface area contributed by atoms with Crippen LogP contribution in [0.2, 0.25) is 0 Å². The van der Waals surface area contributed by atoms with Crippen molar-refractivity contribution in [2.75, 3.05) is 25.3 Å². The number of nitrogens with one attached hydrogen (secondary N) is 2. The molecule has 0 bridgehead atoms. The number of H-pyrrole nitrogens is 1. The molecule has 0 atom stereocenters. The number of benzene rings is 2. The molecule has 0 unspecified atom stereocenters. The minimum Gasteiger partial charge on any atom is -0.493 e. The molecule has 0 amide bonds. The summed E-state index contributed by atoms with van der Waals surface area (Å²) >= 11 is 0. The second kappa shape index (κ2) is 5.24. The zero-order chi connectivity index (χ0) is 14.8. The lowest BCUT2D eigenvalue weighted by Gasteiger charge is -2.06. The molecule has 0 fully saturated rings. The van der Waals surface area contributed by atoms with E-state index in [1.165, 1.54) is 0 Å². The molecule has 21 heavy (non-hydrogen) atoms. The molecule has 4 N–H and O–H groups in total. The van der Waals surface area contributed by atoms with Crippen LogP contribution in [-0.4, -0.2) is 24.2 Å². The van der Waals surface area contributed by atoms with E-state index in [4.69, 9.17) is 15.2 Å². The van der Waals surface area contributed by atoms with Gasteiger partial charge in [-0.1, -0.05) is 6.07 Å². The Kier molecular flexibility index (Phi) is 3.27. The van der Waals surface area contributed by atoms with Crippen molar-refractivity contribution < 1.29 is 9.47 Å². The number of aromatic nitrogens is 2. The molecule has 3 aromatic rings. The molecule has 0 radical (unpaired) electrons. The Bertz CT molecular complexity index is 741. The zero-order valence-electron chi connectivity index (χ0n) is 11.8. The van der Waals surface area contributed by atoms with Crippen molar-refractivity contribution in [1.29, 1.82) is 0 Å². The molecular formula is C15H16N4O2. The maximum Gasteiger partial charge on any atom is 0.205 e. The van der Waals surface area contributed by atoms with Crippen LogP contribution in [0.5, 0.6) is 11.5 Å². The van der Waals surface area contributed by atoms with Gasteiger partial charge in [-0.25, -0.2) is 4.98 Å². The van der Waals surface area contributed by atoms with Crippen LogP contribution in [0.1, 0.15) is 0 Å². The third-order valence-electron chi connectivity index (χ3n) is 3.14. The van der Waals surface area contributed by atoms with E-state index < -0.39 is 0 Å². The van der Waals surface area contributed by atoms with E-state index in [0.717, 1.165) is 16.7 Å². The molecule has 0 aliphatic rings. The SMILES string of the molecule is COc1cc2nc(Nc3cccc(N)c3)[nH]c2cc1OC. The second-order valence-electron chi connectivity index (χ2n) is 4.56. The highest BCUT2D eigenvalue weighted by atomic mass is 16.5. The van der Waals surface area contributed by atoms with Crippen LogP contribution in [0.3, 0.4) is 0 Å². The van der Waals surface area contributed by atoms with Crippen molar-refractivity contribution in [3.8, 4) is 11.5 Å². The van der Waals surface area contributed by atoms with Crippen LogP contribution in [0.4, 0.5) is 17.3 Å². The number of anilines is 3. The first-order valence-corrected chi connectivity index (χ1v) is 6.44. The summed E-state index contributed by atoms with van der Waals surface area (Å²) < 4.78 is 10.5. The van der Waals surface area contributed by atoms with E-state index in [0.29, 0.717) is 23.1 Å². The number of nitrogens with two attached hydrogens (primary N) is 1. The third kappa shape index (κ3) is 2.55. The molecule has 0 saturated heterocycles. The van der Waals surface area contributed by atoms with Gasteiger partial charge in [-0.05, 0) is 18.2 Å². The zero-order valence-corrected chi connectivity index (χ0v) is 11.8. The van der Waals surface area contributed by atoms with Gasteiger partial charge in [0.1, 0.15) is 0 Å². The van der Waals surface area contributed by atoms with Crippen molar-refractivity contribution in [2.45, 2.75) is 0 Å². The molecule has 3 rings (SSSR count). The molecule has 2 aromatic carbocycles. The highest BCUT2D eigenvalue weighted by molar-refractivity contribution is 5.82. The summed E-state index contributed by atoms with van der Waals surface area (Å²) in [6, 6.07) is 11.2. The van der Waals surface area contributed by atoms with E-state index in [1.807, 2.05) is 36.4 Å². The Labute approximate surface area is 121 Å². The number of nitrogens with zero attached hydrogens (tertiary/aromatic N) is 1. The largest absolute Gasteiger partial charge is 0.493 e. The maximum atomic E-state index is 5.76. The van der Waals surface area contributed by atoms with E-state index in [1.54, 1.807) is 14.2 Å². The Balaban J connectivity index is 1.97. The Morgan fingerprint density at radius 2 is 1.86 bits per heavy atom. The maximum absolute atomic E-state index is 5.76. The molecule has 0 spiro atoms. The monoisotopic (exact) mass is 284 g/mol. The Hall–Kier alpha value is -2.89. The van der Waals surface area contributed by atoms with Crippen LogP contribution in [0.15, 0.2) is 36.4 Å². The smallest absolute Gasteiger partial charge is 0.205 e. The molecule has 6 heteroatoms. The third-order valence-corrected chi connectivity index (χ3v) is 3.14. The number of hydrogen-bond donors (Lipinski definition) is 3. The predicted molar refractivity (Wildman–Crippen MR) is 83.3 cm³/mol. The standard InChI is InChI=1S/C15H16N4O2/c1-20-13-7-11-12(8-14(13)21-2)19-15(18-11)17-10-5-3-4-9(16)6-10/h3-8H,16H2,1-2H3,(H2,17,18,19). The molecular weight excluding hydrogens is 268 g/mol. The van der Waals surface area contributed by atoms with Gasteiger partial charge in [0.15, 0.2) is 11.5 Å². The van der Waals surface area contributed by atoms with Crippen LogP contribution < -0.4 is 20.5 Å². The van der Waals surface area contributed by atoms with Crippen molar-refractivity contribution in [2.24, 2.45) is 0 Å². The quantitative estimate of drug-likeness (QED) is 0.641. The number of methoxy groups -OCH3 is 2. The van der Waals surface area contributed by atoms with Gasteiger partial charge in [-0.3, -0.25) is 0 Å². The first-order valence-electron chi connectivity index (χ1n) is 6.44. The van der Waals surface area contributed by atoms with Crippen LogP contribution in [0, 0.1) is 0 Å². The van der Waals surface area contributed by atoms with Gasteiger partial charge in [0.25, 0.3) is 0 Å². The van der Waals surface area contributed by atoms with Gasteiger partial charge in [-0.2, -0.15) is 0 Å². The van der Waals surface area contributed by atoms with Crippen molar-refractivity contribution in [3.05, 3.63) is 36.4 Å². The van der Waals surface area contributed by atoms with Gasteiger partial charge in [0.05, 0.1) is 25.3 Å². The summed E-state index contributed by atoms with van der Waals surface area (Å²) in [5.41, 5.74) is 8.97. The lowest BCUT2D eigenvalue weighted by Crippen LogP contribution is -1.93. The summed E-state index contributed by atoms with van der Waals surface area (Å²) in [4.78, 5) is 7.67. The van der Waals surface area contributed by atoms with Crippen molar-refractivity contribution >= 4 is 28.4 Å². The normalized spacial score (nSPS) is 10.6. The van der Waals surface area contributed by atoms with Gasteiger partial charge >= 0.3 is 0 Å².